The summed E-state index contributed by atoms with van der Waals surface area (Å²) in [5.74, 6) is -1.40. The molecule has 2 atom stereocenters. The number of hydrogen-bond donors (Lipinski definition) is 3. The lowest BCUT2D eigenvalue weighted by molar-refractivity contribution is -0.137. The monoisotopic (exact) mass is 513 g/mol. The van der Waals surface area contributed by atoms with Crippen molar-refractivity contribution in [1.82, 2.24) is 15.1 Å². The number of benzene rings is 2. The summed E-state index contributed by atoms with van der Waals surface area (Å²) in [7, 11) is 0. The molecule has 3 rings (SSSR count). The SMILES string of the molecule is Cc1cccc([C@H](CC(=O)O)NC(=O)c2cc(OC[C@](C)(O)C(C)(C)C)n(-c3ccccc3Cl)n2)c1. The number of aromatic nitrogens is 2. The topological polar surface area (TPSA) is 114 Å². The Balaban J connectivity index is 1.96. The molecule has 1 heterocycles. The first-order valence-electron chi connectivity index (χ1n) is 11.6. The smallest absolute Gasteiger partial charge is 0.305 e. The van der Waals surface area contributed by atoms with E-state index in [9.17, 15) is 19.8 Å². The molecule has 9 heteroatoms. The molecule has 0 bridgehead atoms. The molecule has 36 heavy (non-hydrogen) atoms. The van der Waals surface area contributed by atoms with E-state index in [1.807, 2.05) is 45.9 Å². The fourth-order valence-corrected chi connectivity index (χ4v) is 3.57. The Bertz CT molecular complexity index is 1250. The Hall–Kier alpha value is -3.36. The quantitative estimate of drug-likeness (QED) is 0.373. The van der Waals surface area contributed by atoms with Crippen LogP contribution < -0.4 is 10.1 Å². The summed E-state index contributed by atoms with van der Waals surface area (Å²) in [6.45, 7) is 9.20. The van der Waals surface area contributed by atoms with Crippen LogP contribution in [0.3, 0.4) is 0 Å². The zero-order chi connectivity index (χ0) is 26.7. The highest BCUT2D eigenvalue weighted by Crippen LogP contribution is 2.32. The van der Waals surface area contributed by atoms with Crippen LogP contribution in [-0.2, 0) is 4.79 Å². The highest BCUT2D eigenvalue weighted by atomic mass is 35.5. The molecule has 0 aliphatic heterocycles. The largest absolute Gasteiger partial charge is 0.481 e. The number of halogens is 1. The third-order valence-corrected chi connectivity index (χ3v) is 6.55. The standard InChI is InChI=1S/C27H32ClN3O5/c1-17-9-8-10-18(13-17)20(15-24(32)33)29-25(34)21-14-23(36-16-27(5,35)26(2,3)4)31(30-21)22-12-7-6-11-19(22)28/h6-14,20,35H,15-16H2,1-5H3,(H,29,34)(H,32,33)/t20-,27-/m0/s1. The minimum absolute atomic E-state index is 0.0170. The van der Waals surface area contributed by atoms with Gasteiger partial charge in [-0.2, -0.15) is 9.78 Å². The van der Waals surface area contributed by atoms with Gasteiger partial charge in [-0.25, -0.2) is 0 Å². The molecular formula is C27H32ClN3O5. The van der Waals surface area contributed by atoms with Gasteiger partial charge < -0.3 is 20.3 Å². The number of carboxylic acids is 1. The number of nitrogens with zero attached hydrogens (tertiary/aromatic N) is 2. The number of aliphatic carboxylic acids is 1. The van der Waals surface area contributed by atoms with E-state index in [4.69, 9.17) is 16.3 Å². The molecule has 8 nitrogen and oxygen atoms in total. The maximum atomic E-state index is 13.2. The van der Waals surface area contributed by atoms with Crippen molar-refractivity contribution in [2.45, 2.75) is 52.7 Å². The van der Waals surface area contributed by atoms with E-state index >= 15 is 0 Å². The summed E-state index contributed by atoms with van der Waals surface area (Å²) in [6, 6.07) is 15.0. The fraction of sp³-hybridized carbons (Fsp3) is 0.370. The van der Waals surface area contributed by atoms with Crippen LogP contribution in [0.1, 0.15) is 61.8 Å². The first-order valence-corrected chi connectivity index (χ1v) is 12.0. The first-order chi connectivity index (χ1) is 16.8. The van der Waals surface area contributed by atoms with Gasteiger partial charge in [0.25, 0.3) is 5.91 Å². The molecule has 3 aromatic rings. The van der Waals surface area contributed by atoms with Gasteiger partial charge in [-0.3, -0.25) is 9.59 Å². The van der Waals surface area contributed by atoms with E-state index in [0.29, 0.717) is 16.3 Å². The van der Waals surface area contributed by atoms with E-state index in [1.165, 1.54) is 10.7 Å². The molecule has 1 aromatic heterocycles. The van der Waals surface area contributed by atoms with Gasteiger partial charge in [0.2, 0.25) is 5.88 Å². The first kappa shape index (κ1) is 27.2. The summed E-state index contributed by atoms with van der Waals surface area (Å²) >= 11 is 6.39. The normalized spacial score (nSPS) is 14.1. The van der Waals surface area contributed by atoms with Crippen molar-refractivity contribution in [2.75, 3.05) is 6.61 Å². The summed E-state index contributed by atoms with van der Waals surface area (Å²) in [5.41, 5.74) is 0.478. The molecule has 0 saturated carbocycles. The molecule has 0 spiro atoms. The molecule has 0 radical (unpaired) electrons. The highest BCUT2D eigenvalue weighted by molar-refractivity contribution is 6.32. The van der Waals surface area contributed by atoms with Gasteiger partial charge in [-0.05, 0) is 37.0 Å². The molecule has 192 valence electrons. The molecule has 0 saturated heterocycles. The maximum Gasteiger partial charge on any atom is 0.305 e. The Morgan fingerprint density at radius 2 is 1.81 bits per heavy atom. The lowest BCUT2D eigenvalue weighted by Crippen LogP contribution is -2.45. The summed E-state index contributed by atoms with van der Waals surface area (Å²) in [4.78, 5) is 24.7. The number of carbonyl (C=O) groups excluding carboxylic acids is 1. The summed E-state index contributed by atoms with van der Waals surface area (Å²) < 4.78 is 7.35. The zero-order valence-corrected chi connectivity index (χ0v) is 21.8. The van der Waals surface area contributed by atoms with Gasteiger partial charge in [0.05, 0.1) is 23.2 Å². The van der Waals surface area contributed by atoms with Gasteiger partial charge >= 0.3 is 5.97 Å². The fourth-order valence-electron chi connectivity index (χ4n) is 3.35. The Morgan fingerprint density at radius 3 is 2.42 bits per heavy atom. The van der Waals surface area contributed by atoms with Crippen LogP contribution in [0.4, 0.5) is 0 Å². The van der Waals surface area contributed by atoms with E-state index < -0.39 is 28.9 Å². The number of ether oxygens (including phenoxy) is 1. The number of nitrogens with one attached hydrogen (secondary N) is 1. The second-order valence-corrected chi connectivity index (χ2v) is 10.5. The van der Waals surface area contributed by atoms with Crippen molar-refractivity contribution in [1.29, 1.82) is 0 Å². The lowest BCUT2D eigenvalue weighted by Gasteiger charge is -2.36. The van der Waals surface area contributed by atoms with Crippen molar-refractivity contribution >= 4 is 23.5 Å². The van der Waals surface area contributed by atoms with Gasteiger partial charge in [-0.1, -0.05) is 74.3 Å². The van der Waals surface area contributed by atoms with E-state index in [2.05, 4.69) is 10.4 Å². The van der Waals surface area contributed by atoms with Gasteiger partial charge in [0, 0.05) is 6.07 Å². The predicted octanol–water partition coefficient (Wildman–Crippen LogP) is 4.96. The van der Waals surface area contributed by atoms with Crippen molar-refractivity contribution in [3.63, 3.8) is 0 Å². The lowest BCUT2D eigenvalue weighted by atomic mass is 9.78. The predicted molar refractivity (Wildman–Crippen MR) is 138 cm³/mol. The Labute approximate surface area is 215 Å². The van der Waals surface area contributed by atoms with Crippen LogP contribution in [0, 0.1) is 12.3 Å². The van der Waals surface area contributed by atoms with Gasteiger partial charge in [-0.15, -0.1) is 0 Å². The van der Waals surface area contributed by atoms with Crippen LogP contribution >= 0.6 is 11.6 Å². The van der Waals surface area contributed by atoms with Crippen LogP contribution in [0.25, 0.3) is 5.69 Å². The number of rotatable bonds is 9. The van der Waals surface area contributed by atoms with E-state index in [0.717, 1.165) is 5.56 Å². The van der Waals surface area contributed by atoms with E-state index in [1.54, 1.807) is 37.3 Å². The van der Waals surface area contributed by atoms with Crippen molar-refractivity contribution in [3.8, 4) is 11.6 Å². The average molecular weight is 514 g/mol. The van der Waals surface area contributed by atoms with Crippen molar-refractivity contribution < 1.29 is 24.5 Å². The van der Waals surface area contributed by atoms with Crippen molar-refractivity contribution in [2.24, 2.45) is 5.41 Å². The molecule has 3 N–H and O–H groups in total. The third-order valence-electron chi connectivity index (χ3n) is 6.24. The number of carbonyl (C=O) groups is 2. The second kappa shape index (κ2) is 10.7. The molecular weight excluding hydrogens is 482 g/mol. The third kappa shape index (κ3) is 6.44. The minimum Gasteiger partial charge on any atom is -0.481 e. The Morgan fingerprint density at radius 1 is 1.11 bits per heavy atom. The molecule has 1 amide bonds. The van der Waals surface area contributed by atoms with Crippen LogP contribution in [0.15, 0.2) is 54.6 Å². The van der Waals surface area contributed by atoms with Crippen molar-refractivity contribution in [3.05, 3.63) is 76.4 Å². The number of amides is 1. The number of carboxylic acid groups (broad SMARTS) is 1. The van der Waals surface area contributed by atoms with Crippen LogP contribution in [0.2, 0.25) is 5.02 Å². The number of aliphatic hydroxyl groups is 1. The summed E-state index contributed by atoms with van der Waals surface area (Å²) in [5, 5.41) is 27.9. The average Bonchev–Trinajstić information content (AvgIpc) is 3.21. The number of aryl methyl sites for hydroxylation is 1. The van der Waals surface area contributed by atoms with Crippen LogP contribution in [0.5, 0.6) is 5.88 Å². The number of para-hydroxylation sites is 1. The Kier molecular flexibility index (Phi) is 8.11. The summed E-state index contributed by atoms with van der Waals surface area (Å²) in [6.07, 6.45) is -0.293. The second-order valence-electron chi connectivity index (χ2n) is 10.1. The maximum absolute atomic E-state index is 13.2. The minimum atomic E-state index is -1.18. The molecule has 0 fully saturated rings. The van der Waals surface area contributed by atoms with Gasteiger partial charge in [0.15, 0.2) is 5.69 Å². The number of hydrogen-bond acceptors (Lipinski definition) is 5. The molecule has 0 aliphatic rings. The zero-order valence-electron chi connectivity index (χ0n) is 21.1. The van der Waals surface area contributed by atoms with Crippen LogP contribution in [-0.4, -0.2) is 44.1 Å². The van der Waals surface area contributed by atoms with E-state index in [-0.39, 0.29) is 24.6 Å². The van der Waals surface area contributed by atoms with Gasteiger partial charge in [0.1, 0.15) is 12.2 Å². The highest BCUT2D eigenvalue weighted by Gasteiger charge is 2.36. The molecule has 2 aromatic carbocycles. The molecule has 0 unspecified atom stereocenters. The molecule has 0 aliphatic carbocycles.